The number of rotatable bonds is 7. The van der Waals surface area contributed by atoms with Gasteiger partial charge in [-0.25, -0.2) is 0 Å². The largest absolute Gasteiger partial charge is 0.368 e. The average Bonchev–Trinajstić information content (AvgIpc) is 3.54. The molecule has 0 bridgehead atoms. The first-order valence-corrected chi connectivity index (χ1v) is 12.7. The molecule has 2 fully saturated rings. The zero-order valence-electron chi connectivity index (χ0n) is 18.8. The van der Waals surface area contributed by atoms with Crippen molar-refractivity contribution in [3.8, 4) is 5.69 Å². The lowest BCUT2D eigenvalue weighted by Gasteiger charge is -2.36. The number of piperazine rings is 1. The van der Waals surface area contributed by atoms with E-state index in [1.807, 2.05) is 29.2 Å². The molecule has 2 aliphatic rings. The Balaban J connectivity index is 1.23. The minimum atomic E-state index is 0.163. The smallest absolute Gasteiger partial charge is 0.233 e. The summed E-state index contributed by atoms with van der Waals surface area (Å²) in [5.41, 5.74) is 2.27. The fourth-order valence-corrected chi connectivity index (χ4v) is 5.42. The maximum absolute atomic E-state index is 13.0. The summed E-state index contributed by atoms with van der Waals surface area (Å²) in [5.74, 6) is 1.48. The van der Waals surface area contributed by atoms with Crippen LogP contribution in [0.3, 0.4) is 0 Å². The van der Waals surface area contributed by atoms with Crippen molar-refractivity contribution in [2.45, 2.75) is 24.5 Å². The second-order valence-electron chi connectivity index (χ2n) is 8.55. The third-order valence-electron chi connectivity index (χ3n) is 6.36. The fraction of sp³-hybridized carbons (Fsp3) is 0.400. The van der Waals surface area contributed by atoms with Crippen molar-refractivity contribution in [2.75, 3.05) is 49.9 Å². The van der Waals surface area contributed by atoms with Gasteiger partial charge in [0.05, 0.1) is 12.3 Å². The molecule has 0 spiro atoms. The number of carbonyl (C=O) groups is 1. The predicted molar refractivity (Wildman–Crippen MR) is 132 cm³/mol. The molecule has 3 heterocycles. The van der Waals surface area contributed by atoms with Crippen LogP contribution in [0.15, 0.2) is 65.8 Å². The van der Waals surface area contributed by atoms with Gasteiger partial charge in [0.2, 0.25) is 5.91 Å². The zero-order chi connectivity index (χ0) is 22.5. The minimum Gasteiger partial charge on any atom is -0.368 e. The summed E-state index contributed by atoms with van der Waals surface area (Å²) in [6, 6.07) is 20.6. The highest BCUT2D eigenvalue weighted by atomic mass is 32.2. The van der Waals surface area contributed by atoms with Crippen LogP contribution in [0.4, 0.5) is 5.69 Å². The number of likely N-dealkylation sites (tertiary alicyclic amines) is 1. The topological polar surface area (TPSA) is 57.5 Å². The van der Waals surface area contributed by atoms with Crippen LogP contribution in [0.5, 0.6) is 0 Å². The number of aromatic nitrogens is 3. The molecule has 0 atom stereocenters. The molecule has 7 nitrogen and oxygen atoms in total. The van der Waals surface area contributed by atoms with Gasteiger partial charge in [-0.05, 0) is 50.2 Å². The zero-order valence-corrected chi connectivity index (χ0v) is 19.7. The van der Waals surface area contributed by atoms with E-state index in [9.17, 15) is 4.79 Å². The molecule has 0 aliphatic carbocycles. The normalized spacial score (nSPS) is 17.0. The molecule has 5 rings (SSSR count). The Bertz CT molecular complexity index is 1040. The lowest BCUT2D eigenvalue weighted by molar-refractivity contribution is -0.128. The summed E-state index contributed by atoms with van der Waals surface area (Å²) in [6.07, 6.45) is 2.49. The van der Waals surface area contributed by atoms with Crippen LogP contribution < -0.4 is 4.90 Å². The van der Waals surface area contributed by atoms with Gasteiger partial charge in [0.25, 0.3) is 0 Å². The number of benzene rings is 2. The van der Waals surface area contributed by atoms with Gasteiger partial charge in [0, 0.05) is 37.6 Å². The van der Waals surface area contributed by atoms with Gasteiger partial charge < -0.3 is 9.80 Å². The quantitative estimate of drug-likeness (QED) is 0.502. The molecule has 3 aromatic rings. The SMILES string of the molecule is O=C(CSc1nnc(CN2CCCC2)n1-c1ccccc1)N1CCN(c2ccccc2)CC1. The molecule has 33 heavy (non-hydrogen) atoms. The number of anilines is 1. The molecule has 0 unspecified atom stereocenters. The number of thioether (sulfide) groups is 1. The van der Waals surface area contributed by atoms with E-state index in [0.29, 0.717) is 5.75 Å². The van der Waals surface area contributed by atoms with Crippen LogP contribution in [-0.2, 0) is 11.3 Å². The Kier molecular flexibility index (Phi) is 6.92. The fourth-order valence-electron chi connectivity index (χ4n) is 4.54. The number of hydrogen-bond acceptors (Lipinski definition) is 6. The van der Waals surface area contributed by atoms with E-state index in [4.69, 9.17) is 0 Å². The first kappa shape index (κ1) is 22.0. The number of amides is 1. The van der Waals surface area contributed by atoms with Crippen LogP contribution in [0, 0.1) is 0 Å². The molecule has 1 amide bonds. The monoisotopic (exact) mass is 462 g/mol. The molecule has 1 aromatic heterocycles. The van der Waals surface area contributed by atoms with Gasteiger partial charge >= 0.3 is 0 Å². The molecule has 8 heteroatoms. The number of carbonyl (C=O) groups excluding carboxylic acids is 1. The van der Waals surface area contributed by atoms with E-state index in [1.54, 1.807) is 0 Å². The summed E-state index contributed by atoms with van der Waals surface area (Å²) in [5, 5.41) is 9.77. The number of para-hydroxylation sites is 2. The van der Waals surface area contributed by atoms with Gasteiger partial charge in [-0.15, -0.1) is 10.2 Å². The van der Waals surface area contributed by atoms with Gasteiger partial charge in [-0.3, -0.25) is 14.3 Å². The molecule has 0 N–H and O–H groups in total. The van der Waals surface area contributed by atoms with Gasteiger partial charge in [0.15, 0.2) is 11.0 Å². The summed E-state index contributed by atoms with van der Waals surface area (Å²) in [7, 11) is 0. The highest BCUT2D eigenvalue weighted by Gasteiger charge is 2.23. The summed E-state index contributed by atoms with van der Waals surface area (Å²) in [6.45, 7) is 6.23. The summed E-state index contributed by atoms with van der Waals surface area (Å²) < 4.78 is 2.11. The lowest BCUT2D eigenvalue weighted by atomic mass is 10.2. The van der Waals surface area contributed by atoms with Crippen LogP contribution in [0.2, 0.25) is 0 Å². The second kappa shape index (κ2) is 10.4. The second-order valence-corrected chi connectivity index (χ2v) is 9.49. The van der Waals surface area contributed by atoms with E-state index in [2.05, 4.69) is 61.0 Å². The van der Waals surface area contributed by atoms with E-state index in [0.717, 1.165) is 62.5 Å². The van der Waals surface area contributed by atoms with Crippen LogP contribution in [0.25, 0.3) is 5.69 Å². The third-order valence-corrected chi connectivity index (χ3v) is 7.27. The Morgan fingerprint density at radius 3 is 2.09 bits per heavy atom. The van der Waals surface area contributed by atoms with Crippen molar-refractivity contribution in [2.24, 2.45) is 0 Å². The van der Waals surface area contributed by atoms with Crippen molar-refractivity contribution in [3.05, 3.63) is 66.5 Å². The Morgan fingerprint density at radius 1 is 0.788 bits per heavy atom. The molecule has 172 valence electrons. The maximum atomic E-state index is 13.0. The predicted octanol–water partition coefficient (Wildman–Crippen LogP) is 3.30. The van der Waals surface area contributed by atoms with Gasteiger partial charge in [-0.1, -0.05) is 48.2 Å². The first-order valence-electron chi connectivity index (χ1n) is 11.7. The molecule has 2 saturated heterocycles. The Morgan fingerprint density at radius 2 is 1.42 bits per heavy atom. The first-order chi connectivity index (χ1) is 16.3. The van der Waals surface area contributed by atoms with Crippen LogP contribution in [-0.4, -0.2) is 75.5 Å². The molecule has 0 radical (unpaired) electrons. The van der Waals surface area contributed by atoms with Crippen molar-refractivity contribution in [1.29, 1.82) is 0 Å². The van der Waals surface area contributed by atoms with Crippen molar-refractivity contribution in [1.82, 2.24) is 24.6 Å². The highest BCUT2D eigenvalue weighted by Crippen LogP contribution is 2.24. The Labute approximate surface area is 199 Å². The van der Waals surface area contributed by atoms with Crippen molar-refractivity contribution >= 4 is 23.4 Å². The van der Waals surface area contributed by atoms with E-state index in [1.165, 1.54) is 30.3 Å². The van der Waals surface area contributed by atoms with Crippen molar-refractivity contribution < 1.29 is 4.79 Å². The van der Waals surface area contributed by atoms with Gasteiger partial charge in [-0.2, -0.15) is 0 Å². The van der Waals surface area contributed by atoms with Crippen LogP contribution >= 0.6 is 11.8 Å². The molecular weight excluding hydrogens is 432 g/mol. The average molecular weight is 463 g/mol. The highest BCUT2D eigenvalue weighted by molar-refractivity contribution is 7.99. The van der Waals surface area contributed by atoms with E-state index in [-0.39, 0.29) is 5.91 Å². The summed E-state index contributed by atoms with van der Waals surface area (Å²) in [4.78, 5) is 19.7. The molecule has 0 saturated carbocycles. The number of nitrogens with zero attached hydrogens (tertiary/aromatic N) is 6. The number of hydrogen-bond donors (Lipinski definition) is 0. The van der Waals surface area contributed by atoms with E-state index < -0.39 is 0 Å². The maximum Gasteiger partial charge on any atom is 0.233 e. The third kappa shape index (κ3) is 5.23. The molecular formula is C25H30N6OS. The Hall–Kier alpha value is -2.84. The minimum absolute atomic E-state index is 0.163. The molecule has 2 aromatic carbocycles. The van der Waals surface area contributed by atoms with E-state index >= 15 is 0 Å². The van der Waals surface area contributed by atoms with Crippen molar-refractivity contribution in [3.63, 3.8) is 0 Å². The van der Waals surface area contributed by atoms with Gasteiger partial charge in [0.1, 0.15) is 0 Å². The molecule has 2 aliphatic heterocycles. The summed E-state index contributed by atoms with van der Waals surface area (Å²) >= 11 is 1.49. The lowest BCUT2D eigenvalue weighted by Crippen LogP contribution is -2.49. The van der Waals surface area contributed by atoms with Crippen LogP contribution in [0.1, 0.15) is 18.7 Å². The standard InChI is InChI=1S/C25H30N6OS/c32-24(30-17-15-29(16-18-30)21-9-3-1-4-10-21)20-33-25-27-26-23(19-28-13-7-8-14-28)31(25)22-11-5-2-6-12-22/h1-6,9-12H,7-8,13-20H2.